The number of rotatable bonds is 4. The lowest BCUT2D eigenvalue weighted by molar-refractivity contribution is 0.624. The quantitative estimate of drug-likeness (QED) is 0.220. The number of hydrogen-bond donors (Lipinski definition) is 3. The molecule has 28 heavy (non-hydrogen) atoms. The summed E-state index contributed by atoms with van der Waals surface area (Å²) in [5, 5.41) is 8.04. The van der Waals surface area contributed by atoms with Crippen LogP contribution >= 0.6 is 0 Å². The minimum Gasteiger partial charge on any atom is -0.382 e. The van der Waals surface area contributed by atoms with Gasteiger partial charge in [-0.1, -0.05) is 35.9 Å². The van der Waals surface area contributed by atoms with Crippen LogP contribution in [0.2, 0.25) is 0 Å². The summed E-state index contributed by atoms with van der Waals surface area (Å²) in [6, 6.07) is 12.8. The van der Waals surface area contributed by atoms with Gasteiger partial charge < -0.3 is 5.73 Å². The Kier molecular flexibility index (Phi) is 4.46. The van der Waals surface area contributed by atoms with E-state index in [0.717, 1.165) is 22.3 Å². The number of nitrogens with zero attached hydrogens (tertiary/aromatic N) is 4. The van der Waals surface area contributed by atoms with Crippen molar-refractivity contribution in [2.24, 2.45) is 16.7 Å². The van der Waals surface area contributed by atoms with Gasteiger partial charge >= 0.3 is 0 Å². The predicted molar refractivity (Wildman–Crippen MR) is 107 cm³/mol. The Bertz CT molecular complexity index is 1180. The molecule has 0 amide bonds. The highest BCUT2D eigenvalue weighted by molar-refractivity contribution is 5.99. The second kappa shape index (κ2) is 7.09. The third kappa shape index (κ3) is 3.17. The molecule has 0 spiro atoms. The molecule has 0 aliphatic rings. The van der Waals surface area contributed by atoms with Crippen molar-refractivity contribution in [3.05, 3.63) is 78.0 Å². The van der Waals surface area contributed by atoms with E-state index in [1.54, 1.807) is 29.0 Å². The van der Waals surface area contributed by atoms with Gasteiger partial charge in [-0.3, -0.25) is 0 Å². The topological polar surface area (TPSA) is 107 Å². The Balaban J connectivity index is 1.77. The summed E-state index contributed by atoms with van der Waals surface area (Å²) in [7, 11) is 0. The molecule has 4 aromatic rings. The van der Waals surface area contributed by atoms with Crippen LogP contribution in [-0.2, 0) is 0 Å². The molecule has 0 fully saturated rings. The smallest absolute Gasteiger partial charge is 0.162 e. The molecule has 0 bridgehead atoms. The zero-order valence-corrected chi connectivity index (χ0v) is 15.1. The fourth-order valence-corrected chi connectivity index (χ4v) is 2.99. The van der Waals surface area contributed by atoms with Gasteiger partial charge in [0.1, 0.15) is 5.82 Å². The van der Waals surface area contributed by atoms with Crippen LogP contribution in [0.1, 0.15) is 11.1 Å². The lowest BCUT2D eigenvalue weighted by Crippen LogP contribution is -2.23. The summed E-state index contributed by atoms with van der Waals surface area (Å²) in [4.78, 5) is 4.56. The Hall–Kier alpha value is -3.78. The first-order valence-electron chi connectivity index (χ1n) is 8.56. The van der Waals surface area contributed by atoms with E-state index in [1.165, 1.54) is 11.6 Å². The van der Waals surface area contributed by atoms with Gasteiger partial charge in [0, 0.05) is 23.5 Å². The lowest BCUT2D eigenvalue weighted by atomic mass is 10.0. The number of nitrogens with two attached hydrogens (primary N) is 2. The standard InChI is InChI=1S/C20H18FN7/c1-12-2-4-13(5-3-12)15-9-24-20-17(10-25-28(20)11-15)14-6-7-18(21)16(8-14)19(22)26-27-23/h2-11,27H,23H2,1H3,(H2,22,26). The van der Waals surface area contributed by atoms with Crippen molar-refractivity contribution in [2.45, 2.75) is 6.92 Å². The van der Waals surface area contributed by atoms with Crippen molar-refractivity contribution in [3.8, 4) is 22.3 Å². The molecule has 2 aromatic carbocycles. The third-order valence-electron chi connectivity index (χ3n) is 4.48. The van der Waals surface area contributed by atoms with Gasteiger partial charge in [-0.05, 0) is 30.2 Å². The first-order chi connectivity index (χ1) is 13.6. The molecular weight excluding hydrogens is 357 g/mol. The van der Waals surface area contributed by atoms with E-state index in [1.807, 2.05) is 25.3 Å². The number of halogens is 1. The number of hydrazone groups is 1. The first-order valence-corrected chi connectivity index (χ1v) is 8.56. The largest absolute Gasteiger partial charge is 0.382 e. The molecule has 4 rings (SSSR count). The molecule has 0 aliphatic heterocycles. The number of aromatic nitrogens is 3. The number of nitrogens with one attached hydrogen (secondary N) is 1. The summed E-state index contributed by atoms with van der Waals surface area (Å²) in [5.41, 5.74) is 13.3. The Labute approximate surface area is 160 Å². The number of aryl methyl sites for hydroxylation is 1. The van der Waals surface area contributed by atoms with Gasteiger partial charge in [0.2, 0.25) is 0 Å². The van der Waals surface area contributed by atoms with Crippen LogP contribution in [0.3, 0.4) is 0 Å². The van der Waals surface area contributed by atoms with Gasteiger partial charge in [0.25, 0.3) is 0 Å². The summed E-state index contributed by atoms with van der Waals surface area (Å²) in [5.74, 6) is 4.59. The minimum atomic E-state index is -0.494. The van der Waals surface area contributed by atoms with E-state index in [9.17, 15) is 4.39 Å². The van der Waals surface area contributed by atoms with E-state index < -0.39 is 5.82 Å². The van der Waals surface area contributed by atoms with E-state index >= 15 is 0 Å². The number of benzene rings is 2. The molecule has 140 valence electrons. The molecule has 0 aliphatic carbocycles. The minimum absolute atomic E-state index is 0.0482. The van der Waals surface area contributed by atoms with Gasteiger partial charge in [-0.2, -0.15) is 5.10 Å². The van der Waals surface area contributed by atoms with Crippen LogP contribution in [0.15, 0.2) is 66.2 Å². The normalized spacial score (nSPS) is 11.8. The van der Waals surface area contributed by atoms with Crippen LogP contribution in [0.4, 0.5) is 4.39 Å². The van der Waals surface area contributed by atoms with E-state index in [0.29, 0.717) is 5.65 Å². The molecule has 0 radical (unpaired) electrons. The monoisotopic (exact) mass is 375 g/mol. The zero-order chi connectivity index (χ0) is 19.7. The van der Waals surface area contributed by atoms with Gasteiger partial charge in [-0.15, -0.1) is 5.10 Å². The Morgan fingerprint density at radius 1 is 1.07 bits per heavy atom. The van der Waals surface area contributed by atoms with E-state index in [-0.39, 0.29) is 11.4 Å². The molecular formula is C20H18FN7. The molecule has 0 atom stereocenters. The number of fused-ring (bicyclic) bond motifs is 1. The molecule has 0 unspecified atom stereocenters. The van der Waals surface area contributed by atoms with Crippen LogP contribution in [-0.4, -0.2) is 20.4 Å². The van der Waals surface area contributed by atoms with Crippen LogP contribution < -0.4 is 17.1 Å². The maximum Gasteiger partial charge on any atom is 0.162 e. The van der Waals surface area contributed by atoms with Gasteiger partial charge in [0.05, 0.1) is 11.8 Å². The van der Waals surface area contributed by atoms with Gasteiger partial charge in [0.15, 0.2) is 11.5 Å². The summed E-state index contributed by atoms with van der Waals surface area (Å²) in [6.45, 7) is 2.04. The number of hydrogen-bond acceptors (Lipinski definition) is 5. The van der Waals surface area contributed by atoms with Crippen LogP contribution in [0.25, 0.3) is 27.9 Å². The molecule has 2 aromatic heterocycles. The number of amidine groups is 1. The van der Waals surface area contributed by atoms with Crippen molar-refractivity contribution in [2.75, 3.05) is 0 Å². The fourth-order valence-electron chi connectivity index (χ4n) is 2.99. The van der Waals surface area contributed by atoms with Crippen molar-refractivity contribution in [3.63, 3.8) is 0 Å². The highest BCUT2D eigenvalue weighted by Crippen LogP contribution is 2.27. The second-order valence-corrected chi connectivity index (χ2v) is 6.36. The SMILES string of the molecule is Cc1ccc(-c2cnc3c(-c4ccc(F)c(C(N)=NNN)c4)cnn3c2)cc1. The van der Waals surface area contributed by atoms with Crippen LogP contribution in [0, 0.1) is 12.7 Å². The van der Waals surface area contributed by atoms with Gasteiger partial charge in [-0.25, -0.2) is 25.3 Å². The highest BCUT2D eigenvalue weighted by atomic mass is 19.1. The summed E-state index contributed by atoms with van der Waals surface area (Å²) >= 11 is 0. The number of hydrazine groups is 1. The Morgan fingerprint density at radius 3 is 2.57 bits per heavy atom. The maximum absolute atomic E-state index is 14.1. The molecule has 0 saturated heterocycles. The molecule has 7 nitrogen and oxygen atoms in total. The van der Waals surface area contributed by atoms with E-state index in [4.69, 9.17) is 11.6 Å². The predicted octanol–water partition coefficient (Wildman–Crippen LogP) is 2.59. The average Bonchev–Trinajstić information content (AvgIpc) is 3.12. The molecule has 2 heterocycles. The molecule has 5 N–H and O–H groups in total. The highest BCUT2D eigenvalue weighted by Gasteiger charge is 2.13. The fraction of sp³-hybridized carbons (Fsp3) is 0.0500. The summed E-state index contributed by atoms with van der Waals surface area (Å²) < 4.78 is 15.8. The Morgan fingerprint density at radius 2 is 1.82 bits per heavy atom. The third-order valence-corrected chi connectivity index (χ3v) is 4.48. The first kappa shape index (κ1) is 17.6. The van der Waals surface area contributed by atoms with Crippen LogP contribution in [0.5, 0.6) is 0 Å². The van der Waals surface area contributed by atoms with E-state index in [2.05, 4.69) is 32.9 Å². The van der Waals surface area contributed by atoms with Crippen molar-refractivity contribution < 1.29 is 4.39 Å². The zero-order valence-electron chi connectivity index (χ0n) is 15.1. The molecule has 8 heteroatoms. The lowest BCUT2D eigenvalue weighted by Gasteiger charge is -2.06. The van der Waals surface area contributed by atoms with Crippen molar-refractivity contribution >= 4 is 11.5 Å². The van der Waals surface area contributed by atoms with Crippen molar-refractivity contribution in [1.29, 1.82) is 0 Å². The maximum atomic E-state index is 14.1. The van der Waals surface area contributed by atoms with Crippen molar-refractivity contribution in [1.82, 2.24) is 20.1 Å². The second-order valence-electron chi connectivity index (χ2n) is 6.36. The molecule has 0 saturated carbocycles. The summed E-state index contributed by atoms with van der Waals surface area (Å²) in [6.07, 6.45) is 5.39. The average molecular weight is 375 g/mol.